The summed E-state index contributed by atoms with van der Waals surface area (Å²) < 4.78 is 0.989. The van der Waals surface area contributed by atoms with E-state index in [1.54, 1.807) is 12.1 Å². The molecule has 0 unspecified atom stereocenters. The van der Waals surface area contributed by atoms with E-state index in [9.17, 15) is 9.90 Å². The predicted molar refractivity (Wildman–Crippen MR) is 92.8 cm³/mol. The highest BCUT2D eigenvalue weighted by Gasteiger charge is 2.12. The zero-order valence-electron chi connectivity index (χ0n) is 10.6. The number of phenols is 1. The molecule has 0 aliphatic rings. The van der Waals surface area contributed by atoms with Crippen LogP contribution in [-0.4, -0.2) is 22.2 Å². The van der Waals surface area contributed by atoms with Gasteiger partial charge >= 0.3 is 0 Å². The van der Waals surface area contributed by atoms with Crippen LogP contribution in [0.2, 0.25) is 10.2 Å². The van der Waals surface area contributed by atoms with Crippen molar-refractivity contribution in [2.45, 2.75) is 0 Å². The summed E-state index contributed by atoms with van der Waals surface area (Å²) in [5.41, 5.74) is 2.94. The van der Waals surface area contributed by atoms with Crippen molar-refractivity contribution in [1.82, 2.24) is 10.4 Å². The molecule has 0 saturated heterocycles. The number of amides is 1. The monoisotopic (exact) mass is 465 g/mol. The molecule has 2 N–H and O–H groups in total. The Bertz CT molecular complexity index is 746. The molecule has 1 aromatic carbocycles. The van der Waals surface area contributed by atoms with Crippen molar-refractivity contribution >= 4 is 67.2 Å². The number of hydrogen-bond acceptors (Lipinski definition) is 4. The minimum atomic E-state index is -0.583. The summed E-state index contributed by atoms with van der Waals surface area (Å²) in [6, 6.07) is 6.24. The maximum atomic E-state index is 11.9. The molecule has 0 bridgehead atoms. The normalized spacial score (nSPS) is 10.9. The molecule has 5 nitrogen and oxygen atoms in total. The first-order valence-corrected chi connectivity index (χ1v) is 8.06. The molecule has 0 fully saturated rings. The lowest BCUT2D eigenvalue weighted by molar-refractivity contribution is 0.0950. The Balaban J connectivity index is 2.12. The molecule has 1 amide bonds. The smallest absolute Gasteiger partial charge is 0.291 e. The van der Waals surface area contributed by atoms with Gasteiger partial charge in [0.2, 0.25) is 0 Å². The van der Waals surface area contributed by atoms with Gasteiger partial charge in [0.05, 0.1) is 20.2 Å². The maximum absolute atomic E-state index is 11.9. The van der Waals surface area contributed by atoms with Crippen molar-refractivity contribution in [2.75, 3.05) is 0 Å². The third kappa shape index (κ3) is 4.19. The fourth-order valence-electron chi connectivity index (χ4n) is 1.46. The number of rotatable bonds is 3. The van der Waals surface area contributed by atoms with Crippen molar-refractivity contribution in [3.05, 3.63) is 54.6 Å². The van der Waals surface area contributed by atoms with Gasteiger partial charge in [0, 0.05) is 0 Å². The molecule has 114 valence electrons. The summed E-state index contributed by atoms with van der Waals surface area (Å²) in [6.07, 6.45) is 1.41. The quantitative estimate of drug-likeness (QED) is 0.399. The van der Waals surface area contributed by atoms with E-state index in [2.05, 4.69) is 47.4 Å². The number of nitrogens with one attached hydrogen (secondary N) is 1. The van der Waals surface area contributed by atoms with Crippen molar-refractivity contribution in [3.8, 4) is 5.75 Å². The van der Waals surface area contributed by atoms with Crippen LogP contribution >= 0.6 is 55.1 Å². The Morgan fingerprint density at radius 1 is 1.27 bits per heavy atom. The molecule has 1 aromatic heterocycles. The molecule has 9 heteroatoms. The van der Waals surface area contributed by atoms with Crippen LogP contribution in [-0.2, 0) is 0 Å². The highest BCUT2D eigenvalue weighted by molar-refractivity contribution is 9.11. The third-order valence-electron chi connectivity index (χ3n) is 2.45. The van der Waals surface area contributed by atoms with Crippen molar-refractivity contribution in [2.24, 2.45) is 5.10 Å². The highest BCUT2D eigenvalue weighted by Crippen LogP contribution is 2.32. The highest BCUT2D eigenvalue weighted by atomic mass is 79.9. The number of nitrogens with zero attached hydrogens (tertiary/aromatic N) is 2. The minimum absolute atomic E-state index is 0.0145. The molecule has 0 aliphatic carbocycles. The van der Waals surface area contributed by atoms with Crippen molar-refractivity contribution in [3.63, 3.8) is 0 Å². The van der Waals surface area contributed by atoms with Gasteiger partial charge < -0.3 is 5.11 Å². The summed E-state index contributed by atoms with van der Waals surface area (Å²) in [7, 11) is 0. The van der Waals surface area contributed by atoms with E-state index in [0.29, 0.717) is 14.5 Å². The van der Waals surface area contributed by atoms with Crippen LogP contribution in [0.15, 0.2) is 38.3 Å². The summed E-state index contributed by atoms with van der Waals surface area (Å²) in [6.45, 7) is 0. The second-order valence-corrected chi connectivity index (χ2v) is 6.50. The molecule has 0 radical (unpaired) electrons. The lowest BCUT2D eigenvalue weighted by Crippen LogP contribution is -2.19. The van der Waals surface area contributed by atoms with Gasteiger partial charge in [0.1, 0.15) is 16.6 Å². The lowest BCUT2D eigenvalue weighted by Gasteiger charge is -2.03. The molecule has 2 rings (SSSR count). The lowest BCUT2D eigenvalue weighted by atomic mass is 10.2. The largest absolute Gasteiger partial charge is 0.506 e. The third-order valence-corrected chi connectivity index (χ3v) is 4.17. The van der Waals surface area contributed by atoms with Gasteiger partial charge in [0.15, 0.2) is 0 Å². The Morgan fingerprint density at radius 2 is 1.91 bits per heavy atom. The number of benzene rings is 1. The topological polar surface area (TPSA) is 74.6 Å². The standard InChI is InChI=1S/C13H7Br2Cl2N3O2/c14-7-3-6(4-8(15)12(7)21)5-18-20-13(22)11-9(16)1-2-10(17)19-11/h1-5,21H,(H,20,22)/b18-5+. The predicted octanol–water partition coefficient (Wildman–Crippen LogP) is 4.38. The summed E-state index contributed by atoms with van der Waals surface area (Å²) in [5.74, 6) is -0.503. The zero-order valence-corrected chi connectivity index (χ0v) is 15.3. The van der Waals surface area contributed by atoms with Crippen LogP contribution in [0.5, 0.6) is 5.75 Å². The molecule has 0 spiro atoms. The van der Waals surface area contributed by atoms with Gasteiger partial charge in [-0.1, -0.05) is 23.2 Å². The number of carbonyl (C=O) groups excluding carboxylic acids is 1. The SMILES string of the molecule is O=C(N/N=C/c1cc(Br)c(O)c(Br)c1)c1nc(Cl)ccc1Cl. The van der Waals surface area contributed by atoms with Crippen molar-refractivity contribution < 1.29 is 9.90 Å². The van der Waals surface area contributed by atoms with Crippen LogP contribution in [0.3, 0.4) is 0 Å². The number of aromatic hydroxyl groups is 1. The van der Waals surface area contributed by atoms with Gasteiger partial charge in [0.25, 0.3) is 5.91 Å². The molecule has 1 heterocycles. The average molecular weight is 468 g/mol. The van der Waals surface area contributed by atoms with Gasteiger partial charge in [-0.3, -0.25) is 4.79 Å². The van der Waals surface area contributed by atoms with Crippen LogP contribution in [0.1, 0.15) is 16.1 Å². The van der Waals surface area contributed by atoms with Gasteiger partial charge in [-0.05, 0) is 61.7 Å². The number of halogens is 4. The molecule has 0 aliphatic heterocycles. The van der Waals surface area contributed by atoms with Gasteiger partial charge in [-0.25, -0.2) is 10.4 Å². The van der Waals surface area contributed by atoms with E-state index < -0.39 is 5.91 Å². The van der Waals surface area contributed by atoms with Gasteiger partial charge in [-0.15, -0.1) is 0 Å². The fourth-order valence-corrected chi connectivity index (χ4v) is 3.02. The number of phenolic OH excluding ortho intramolecular Hbond substituents is 1. The molecule has 2 aromatic rings. The first-order valence-electron chi connectivity index (χ1n) is 5.72. The number of hydrazone groups is 1. The maximum Gasteiger partial charge on any atom is 0.291 e. The zero-order chi connectivity index (χ0) is 16.3. The van der Waals surface area contributed by atoms with E-state index in [0.717, 1.165) is 0 Å². The molecule has 0 saturated carbocycles. The second-order valence-electron chi connectivity index (χ2n) is 4.00. The Morgan fingerprint density at radius 3 is 2.55 bits per heavy atom. The summed E-state index contributed by atoms with van der Waals surface area (Å²) in [5, 5.41) is 13.7. The number of pyridine rings is 1. The minimum Gasteiger partial charge on any atom is -0.506 e. The molecule has 0 atom stereocenters. The van der Waals surface area contributed by atoms with Crippen LogP contribution < -0.4 is 5.43 Å². The Labute approximate surface area is 152 Å². The van der Waals surface area contributed by atoms with Crippen molar-refractivity contribution in [1.29, 1.82) is 0 Å². The first-order chi connectivity index (χ1) is 10.4. The Kier molecular flexibility index (Phi) is 5.80. The number of hydrogen-bond donors (Lipinski definition) is 2. The fraction of sp³-hybridized carbons (Fsp3) is 0. The number of carbonyl (C=O) groups is 1. The van der Waals surface area contributed by atoms with E-state index in [4.69, 9.17) is 23.2 Å². The molecular weight excluding hydrogens is 461 g/mol. The van der Waals surface area contributed by atoms with Gasteiger partial charge in [-0.2, -0.15) is 5.10 Å². The number of aromatic nitrogens is 1. The second kappa shape index (κ2) is 7.41. The molecular formula is C13H7Br2Cl2N3O2. The van der Waals surface area contributed by atoms with Crippen LogP contribution in [0.4, 0.5) is 0 Å². The van der Waals surface area contributed by atoms with Crippen LogP contribution in [0, 0.1) is 0 Å². The summed E-state index contributed by atoms with van der Waals surface area (Å²) in [4.78, 5) is 15.7. The van der Waals surface area contributed by atoms with E-state index in [-0.39, 0.29) is 21.6 Å². The first kappa shape index (κ1) is 17.2. The average Bonchev–Trinajstić information content (AvgIpc) is 2.47. The van der Waals surface area contributed by atoms with E-state index >= 15 is 0 Å². The molecule has 22 heavy (non-hydrogen) atoms. The van der Waals surface area contributed by atoms with E-state index in [1.165, 1.54) is 18.3 Å². The summed E-state index contributed by atoms with van der Waals surface area (Å²) >= 11 is 18.0. The van der Waals surface area contributed by atoms with E-state index in [1.807, 2.05) is 0 Å². The van der Waals surface area contributed by atoms with Crippen LogP contribution in [0.25, 0.3) is 0 Å². The Hall–Kier alpha value is -1.15.